The molecule has 1 aromatic heterocycles. The van der Waals surface area contributed by atoms with Crippen molar-refractivity contribution in [2.45, 2.75) is 26.2 Å². The molecule has 0 amide bonds. The first-order valence-electron chi connectivity index (χ1n) is 9.23. The van der Waals surface area contributed by atoms with E-state index in [4.69, 9.17) is 13.9 Å². The molecule has 2 aliphatic rings. The molecule has 0 saturated carbocycles. The maximum absolute atomic E-state index is 13.2. The van der Waals surface area contributed by atoms with Crippen molar-refractivity contribution in [1.29, 1.82) is 0 Å². The van der Waals surface area contributed by atoms with Gasteiger partial charge < -0.3 is 13.9 Å². The van der Waals surface area contributed by atoms with E-state index in [9.17, 15) is 14.4 Å². The van der Waals surface area contributed by atoms with E-state index in [2.05, 4.69) is 0 Å². The zero-order chi connectivity index (χ0) is 20.3. The van der Waals surface area contributed by atoms with Gasteiger partial charge in [-0.05, 0) is 43.7 Å². The number of benzene rings is 2. The van der Waals surface area contributed by atoms with Crippen molar-refractivity contribution in [2.24, 2.45) is 0 Å². The first-order chi connectivity index (χ1) is 14.0. The third-order valence-electron chi connectivity index (χ3n) is 5.29. The van der Waals surface area contributed by atoms with Crippen LogP contribution in [0.1, 0.15) is 47.7 Å². The highest BCUT2D eigenvalue weighted by Crippen LogP contribution is 2.48. The summed E-state index contributed by atoms with van der Waals surface area (Å²) in [6, 6.07) is 10.1. The smallest absolute Gasteiger partial charge is 0.312 e. The van der Waals surface area contributed by atoms with Gasteiger partial charge in [0, 0.05) is 17.0 Å². The Kier molecular flexibility index (Phi) is 3.71. The molecule has 6 heteroatoms. The third kappa shape index (κ3) is 2.52. The molecule has 3 aromatic rings. The molecule has 6 nitrogen and oxygen atoms in total. The van der Waals surface area contributed by atoms with Crippen molar-refractivity contribution >= 4 is 22.7 Å². The SMILES string of the molecule is CC(C)=C1Oc2c(ccc3c2C(c2coc4ccccc4c2=O)CC(=O)O3)C1=O. The van der Waals surface area contributed by atoms with Gasteiger partial charge in [-0.15, -0.1) is 0 Å². The monoisotopic (exact) mass is 388 g/mol. The lowest BCUT2D eigenvalue weighted by Crippen LogP contribution is -2.25. The van der Waals surface area contributed by atoms with Crippen molar-refractivity contribution < 1.29 is 23.5 Å². The number of ketones is 1. The molecule has 3 heterocycles. The summed E-state index contributed by atoms with van der Waals surface area (Å²) in [6.45, 7) is 3.59. The number of esters is 1. The first kappa shape index (κ1) is 17.4. The second-order valence-electron chi connectivity index (χ2n) is 7.36. The molecule has 2 aliphatic heterocycles. The summed E-state index contributed by atoms with van der Waals surface area (Å²) in [6.07, 6.45) is 1.34. The van der Waals surface area contributed by atoms with Gasteiger partial charge in [-0.2, -0.15) is 0 Å². The van der Waals surface area contributed by atoms with Crippen molar-refractivity contribution in [2.75, 3.05) is 0 Å². The van der Waals surface area contributed by atoms with E-state index in [1.165, 1.54) is 6.26 Å². The fourth-order valence-corrected chi connectivity index (χ4v) is 3.92. The minimum absolute atomic E-state index is 0.0474. The molecule has 0 spiro atoms. The minimum Gasteiger partial charge on any atom is -0.464 e. The van der Waals surface area contributed by atoms with E-state index in [-0.39, 0.29) is 23.4 Å². The van der Waals surface area contributed by atoms with Crippen molar-refractivity contribution in [3.8, 4) is 11.5 Å². The molecule has 0 N–H and O–H groups in total. The van der Waals surface area contributed by atoms with Crippen LogP contribution in [0.2, 0.25) is 0 Å². The summed E-state index contributed by atoms with van der Waals surface area (Å²) in [5.74, 6) is -0.416. The Morgan fingerprint density at radius 2 is 1.79 bits per heavy atom. The summed E-state index contributed by atoms with van der Waals surface area (Å²) in [7, 11) is 0. The predicted octanol–water partition coefficient (Wildman–Crippen LogP) is 4.10. The van der Waals surface area contributed by atoms with Crippen LogP contribution in [0.15, 0.2) is 63.2 Å². The number of carbonyl (C=O) groups excluding carboxylic acids is 2. The number of para-hydroxylation sites is 1. The van der Waals surface area contributed by atoms with Crippen LogP contribution >= 0.6 is 0 Å². The van der Waals surface area contributed by atoms with Crippen LogP contribution in [0.5, 0.6) is 11.5 Å². The Hall–Kier alpha value is -3.67. The number of rotatable bonds is 1. The van der Waals surface area contributed by atoms with Crippen molar-refractivity contribution in [3.63, 3.8) is 0 Å². The molecule has 1 unspecified atom stereocenters. The average Bonchev–Trinajstić information content (AvgIpc) is 3.05. The number of hydrogen-bond acceptors (Lipinski definition) is 6. The van der Waals surface area contributed by atoms with Gasteiger partial charge in [-0.1, -0.05) is 12.1 Å². The number of fused-ring (bicyclic) bond motifs is 4. The largest absolute Gasteiger partial charge is 0.464 e. The molecule has 0 saturated heterocycles. The number of Topliss-reactive ketones (excluding diaryl/α,β-unsaturated/α-hetero) is 1. The van der Waals surface area contributed by atoms with Gasteiger partial charge in [0.1, 0.15) is 17.1 Å². The van der Waals surface area contributed by atoms with Crippen LogP contribution < -0.4 is 14.9 Å². The second kappa shape index (κ2) is 6.17. The lowest BCUT2D eigenvalue weighted by molar-refractivity contribution is -0.135. The van der Waals surface area contributed by atoms with Crippen LogP contribution in [-0.4, -0.2) is 11.8 Å². The van der Waals surface area contributed by atoms with Crippen LogP contribution in [0.25, 0.3) is 11.0 Å². The normalized spacial score (nSPS) is 17.6. The van der Waals surface area contributed by atoms with Gasteiger partial charge in [-0.3, -0.25) is 14.4 Å². The van der Waals surface area contributed by atoms with E-state index in [0.717, 1.165) is 5.57 Å². The van der Waals surface area contributed by atoms with Crippen LogP contribution in [0.4, 0.5) is 0 Å². The standard InChI is InChI=1S/C23H16O6/c1-11(2)22-21(26)13-7-8-17-19(23(13)29-22)14(9-18(24)28-17)15-10-27-16-6-4-3-5-12(16)20(15)25/h3-8,10,14H,9H2,1-2H3. The number of allylic oxidation sites excluding steroid dienone is 2. The molecule has 29 heavy (non-hydrogen) atoms. The van der Waals surface area contributed by atoms with Gasteiger partial charge in [0.2, 0.25) is 5.78 Å². The molecular weight excluding hydrogens is 372 g/mol. The van der Waals surface area contributed by atoms with E-state index in [1.54, 1.807) is 50.2 Å². The first-order valence-corrected chi connectivity index (χ1v) is 9.23. The zero-order valence-corrected chi connectivity index (χ0v) is 15.8. The molecule has 1 atom stereocenters. The maximum Gasteiger partial charge on any atom is 0.312 e. The minimum atomic E-state index is -0.633. The third-order valence-corrected chi connectivity index (χ3v) is 5.29. The quantitative estimate of drug-likeness (QED) is 0.355. The van der Waals surface area contributed by atoms with Gasteiger partial charge >= 0.3 is 5.97 Å². The summed E-state index contributed by atoms with van der Waals surface area (Å²) >= 11 is 0. The van der Waals surface area contributed by atoms with E-state index in [0.29, 0.717) is 39.2 Å². The molecule has 5 rings (SSSR count). The Labute approximate surface area is 165 Å². The highest BCUT2D eigenvalue weighted by Gasteiger charge is 2.39. The average molecular weight is 388 g/mol. The maximum atomic E-state index is 13.2. The summed E-state index contributed by atoms with van der Waals surface area (Å²) in [5, 5.41) is 0.431. The van der Waals surface area contributed by atoms with E-state index < -0.39 is 11.9 Å². The van der Waals surface area contributed by atoms with Gasteiger partial charge in [0.05, 0.1) is 23.6 Å². The molecule has 0 fully saturated rings. The number of ether oxygens (including phenoxy) is 2. The molecular formula is C23H16O6. The summed E-state index contributed by atoms with van der Waals surface area (Å²) in [4.78, 5) is 38.1. The molecule has 0 radical (unpaired) electrons. The fraction of sp³-hybridized carbons (Fsp3) is 0.174. The van der Waals surface area contributed by atoms with E-state index in [1.807, 2.05) is 0 Å². The summed E-state index contributed by atoms with van der Waals surface area (Å²) in [5.41, 5.74) is 2.24. The molecule has 0 bridgehead atoms. The molecule has 144 valence electrons. The Morgan fingerprint density at radius 3 is 2.59 bits per heavy atom. The fourth-order valence-electron chi connectivity index (χ4n) is 3.92. The number of hydrogen-bond donors (Lipinski definition) is 0. The van der Waals surface area contributed by atoms with E-state index >= 15 is 0 Å². The van der Waals surface area contributed by atoms with Crippen LogP contribution in [0.3, 0.4) is 0 Å². The van der Waals surface area contributed by atoms with Crippen molar-refractivity contribution in [1.82, 2.24) is 0 Å². The Balaban J connectivity index is 1.76. The van der Waals surface area contributed by atoms with Crippen LogP contribution in [0, 0.1) is 0 Å². The zero-order valence-electron chi connectivity index (χ0n) is 15.8. The Morgan fingerprint density at radius 1 is 1.00 bits per heavy atom. The highest BCUT2D eigenvalue weighted by atomic mass is 16.5. The van der Waals surface area contributed by atoms with Gasteiger partial charge in [-0.25, -0.2) is 0 Å². The second-order valence-corrected chi connectivity index (χ2v) is 7.36. The molecule has 0 aliphatic carbocycles. The predicted molar refractivity (Wildman–Crippen MR) is 104 cm³/mol. The summed E-state index contributed by atoms with van der Waals surface area (Å²) < 4.78 is 16.9. The lowest BCUT2D eigenvalue weighted by Gasteiger charge is -2.25. The Bertz CT molecular complexity index is 1310. The van der Waals surface area contributed by atoms with Gasteiger partial charge in [0.15, 0.2) is 11.2 Å². The highest BCUT2D eigenvalue weighted by molar-refractivity contribution is 6.13. The topological polar surface area (TPSA) is 82.8 Å². The van der Waals surface area contributed by atoms with Gasteiger partial charge in [0.25, 0.3) is 0 Å². The molecule has 2 aromatic carbocycles. The van der Waals surface area contributed by atoms with Crippen molar-refractivity contribution in [3.05, 3.63) is 80.9 Å². The lowest BCUT2D eigenvalue weighted by atomic mass is 9.85. The van der Waals surface area contributed by atoms with Crippen LogP contribution in [-0.2, 0) is 4.79 Å². The number of carbonyl (C=O) groups is 2.